The Balaban J connectivity index is 1.75. The summed E-state index contributed by atoms with van der Waals surface area (Å²) in [6.07, 6.45) is 1.78. The number of rotatable bonds is 4. The van der Waals surface area contributed by atoms with Gasteiger partial charge in [0.1, 0.15) is 17.0 Å². The molecule has 0 aliphatic rings. The van der Waals surface area contributed by atoms with Crippen LogP contribution >= 0.6 is 0 Å². The van der Waals surface area contributed by atoms with Gasteiger partial charge in [0, 0.05) is 6.54 Å². The number of aromatic amines is 1. The van der Waals surface area contributed by atoms with E-state index in [4.69, 9.17) is 4.42 Å². The summed E-state index contributed by atoms with van der Waals surface area (Å²) in [5, 5.41) is 2.88. The number of nitrogens with zero attached hydrogens (tertiary/aromatic N) is 1. The van der Waals surface area contributed by atoms with Crippen molar-refractivity contribution in [3.63, 3.8) is 0 Å². The number of aromatic nitrogens is 2. The number of hydrogen-bond donors (Lipinski definition) is 2. The van der Waals surface area contributed by atoms with E-state index < -0.39 is 11.5 Å². The van der Waals surface area contributed by atoms with Crippen molar-refractivity contribution in [2.24, 2.45) is 0 Å². The normalized spacial score (nSPS) is 10.9. The first-order valence-corrected chi connectivity index (χ1v) is 7.05. The molecule has 1 amide bonds. The van der Waals surface area contributed by atoms with Crippen molar-refractivity contribution in [3.05, 3.63) is 63.7 Å². The first-order valence-electron chi connectivity index (χ1n) is 7.05. The fourth-order valence-corrected chi connectivity index (χ4v) is 2.39. The Morgan fingerprint density at radius 3 is 2.83 bits per heavy atom. The summed E-state index contributed by atoms with van der Waals surface area (Å²) in [6, 6.07) is 6.06. The van der Waals surface area contributed by atoms with Gasteiger partial charge in [-0.25, -0.2) is 9.37 Å². The third-order valence-electron chi connectivity index (χ3n) is 3.51. The highest BCUT2D eigenvalue weighted by Gasteiger charge is 2.21. The van der Waals surface area contributed by atoms with E-state index in [1.165, 1.54) is 18.5 Å². The molecule has 23 heavy (non-hydrogen) atoms. The number of halogens is 1. The maximum atomic E-state index is 12.8. The molecule has 3 aromatic rings. The van der Waals surface area contributed by atoms with Crippen LogP contribution in [0.1, 0.15) is 21.7 Å². The lowest BCUT2D eigenvalue weighted by atomic mass is 10.1. The van der Waals surface area contributed by atoms with Crippen molar-refractivity contribution in [1.82, 2.24) is 15.3 Å². The summed E-state index contributed by atoms with van der Waals surface area (Å²) in [5.74, 6) is -0.365. The average molecular weight is 315 g/mol. The van der Waals surface area contributed by atoms with Crippen molar-refractivity contribution >= 4 is 17.0 Å². The highest BCUT2D eigenvalue weighted by Crippen LogP contribution is 2.20. The third kappa shape index (κ3) is 2.98. The summed E-state index contributed by atoms with van der Waals surface area (Å²) in [6.45, 7) is 1.96. The molecule has 0 saturated carbocycles. The number of fused-ring (bicyclic) bond motifs is 1. The lowest BCUT2D eigenvalue weighted by molar-refractivity contribution is 0.0954. The Bertz CT molecular complexity index is 912. The maximum Gasteiger partial charge on any atom is 0.262 e. The Hall–Kier alpha value is -2.96. The zero-order valence-corrected chi connectivity index (χ0v) is 12.4. The van der Waals surface area contributed by atoms with Gasteiger partial charge in [0.2, 0.25) is 5.71 Å². The molecule has 0 atom stereocenters. The molecule has 0 saturated heterocycles. The predicted octanol–water partition coefficient (Wildman–Crippen LogP) is 1.94. The van der Waals surface area contributed by atoms with E-state index >= 15 is 0 Å². The molecular formula is C16H14FN3O3. The Labute approximate surface area is 130 Å². The van der Waals surface area contributed by atoms with Gasteiger partial charge in [0.15, 0.2) is 0 Å². The number of H-pyrrole nitrogens is 1. The second kappa shape index (κ2) is 6.04. The van der Waals surface area contributed by atoms with Crippen molar-refractivity contribution in [2.45, 2.75) is 13.3 Å². The van der Waals surface area contributed by atoms with E-state index in [1.54, 1.807) is 19.1 Å². The molecular weight excluding hydrogens is 301 g/mol. The molecule has 0 aliphatic heterocycles. The van der Waals surface area contributed by atoms with Gasteiger partial charge >= 0.3 is 0 Å². The van der Waals surface area contributed by atoms with Gasteiger partial charge < -0.3 is 14.7 Å². The number of furan rings is 1. The molecule has 2 N–H and O–H groups in total. The third-order valence-corrected chi connectivity index (χ3v) is 3.51. The molecule has 118 valence electrons. The summed E-state index contributed by atoms with van der Waals surface area (Å²) < 4.78 is 18.2. The van der Waals surface area contributed by atoms with Gasteiger partial charge in [-0.05, 0) is 31.0 Å². The maximum absolute atomic E-state index is 12.8. The lowest BCUT2D eigenvalue weighted by Crippen LogP contribution is -2.27. The van der Waals surface area contributed by atoms with Crippen LogP contribution in [0.4, 0.5) is 4.39 Å². The van der Waals surface area contributed by atoms with Gasteiger partial charge in [-0.1, -0.05) is 12.1 Å². The number of carbonyl (C=O) groups excluding carboxylic acids is 1. The summed E-state index contributed by atoms with van der Waals surface area (Å²) in [5.41, 5.74) is 0.805. The van der Waals surface area contributed by atoms with Crippen LogP contribution in [0.2, 0.25) is 0 Å². The van der Waals surface area contributed by atoms with Crippen LogP contribution in [0.5, 0.6) is 0 Å². The molecule has 7 heteroatoms. The molecule has 0 radical (unpaired) electrons. The topological polar surface area (TPSA) is 88.0 Å². The molecule has 0 bridgehead atoms. The molecule has 0 fully saturated rings. The van der Waals surface area contributed by atoms with E-state index in [-0.39, 0.29) is 22.5 Å². The Morgan fingerprint density at radius 2 is 2.09 bits per heavy atom. The number of nitrogens with one attached hydrogen (secondary N) is 2. The van der Waals surface area contributed by atoms with E-state index in [0.717, 1.165) is 5.56 Å². The molecule has 2 aromatic heterocycles. The molecule has 2 heterocycles. The minimum absolute atomic E-state index is 0.134. The van der Waals surface area contributed by atoms with Crippen LogP contribution in [0, 0.1) is 12.7 Å². The summed E-state index contributed by atoms with van der Waals surface area (Å²) >= 11 is 0. The smallest absolute Gasteiger partial charge is 0.262 e. The molecule has 0 spiro atoms. The van der Waals surface area contributed by atoms with Gasteiger partial charge in [0.05, 0.1) is 11.9 Å². The lowest BCUT2D eigenvalue weighted by Gasteiger charge is -2.05. The van der Waals surface area contributed by atoms with Crippen LogP contribution in [-0.2, 0) is 6.42 Å². The van der Waals surface area contributed by atoms with Crippen LogP contribution in [0.15, 0.2) is 39.8 Å². The molecule has 0 aliphatic carbocycles. The van der Waals surface area contributed by atoms with Gasteiger partial charge in [-0.3, -0.25) is 9.59 Å². The van der Waals surface area contributed by atoms with Crippen molar-refractivity contribution in [1.29, 1.82) is 0 Å². The van der Waals surface area contributed by atoms with Crippen molar-refractivity contribution in [2.75, 3.05) is 6.54 Å². The largest absolute Gasteiger partial charge is 0.442 e. The predicted molar refractivity (Wildman–Crippen MR) is 81.8 cm³/mol. The van der Waals surface area contributed by atoms with Crippen molar-refractivity contribution in [3.8, 4) is 0 Å². The zero-order valence-electron chi connectivity index (χ0n) is 12.4. The van der Waals surface area contributed by atoms with Gasteiger partial charge in [-0.15, -0.1) is 0 Å². The average Bonchev–Trinajstić information content (AvgIpc) is 2.86. The Kier molecular flexibility index (Phi) is 3.92. The summed E-state index contributed by atoms with van der Waals surface area (Å²) in [7, 11) is 0. The number of hydrogen-bond acceptors (Lipinski definition) is 4. The first-order chi connectivity index (χ1) is 11.1. The monoisotopic (exact) mass is 315 g/mol. The zero-order chi connectivity index (χ0) is 16.4. The number of carbonyl (C=O) groups is 1. The summed E-state index contributed by atoms with van der Waals surface area (Å²) in [4.78, 5) is 30.5. The number of aryl methyl sites for hydroxylation is 1. The minimum atomic E-state index is -0.421. The minimum Gasteiger partial charge on any atom is -0.442 e. The van der Waals surface area contributed by atoms with E-state index in [1.807, 2.05) is 0 Å². The fourth-order valence-electron chi connectivity index (χ4n) is 2.39. The fraction of sp³-hybridized carbons (Fsp3) is 0.188. The van der Waals surface area contributed by atoms with Crippen LogP contribution in [-0.4, -0.2) is 22.4 Å². The molecule has 1 aromatic carbocycles. The van der Waals surface area contributed by atoms with Gasteiger partial charge in [0.25, 0.3) is 11.5 Å². The van der Waals surface area contributed by atoms with Gasteiger partial charge in [-0.2, -0.15) is 0 Å². The Morgan fingerprint density at radius 1 is 1.35 bits per heavy atom. The molecule has 3 rings (SSSR count). The second-order valence-electron chi connectivity index (χ2n) is 5.08. The molecule has 0 unspecified atom stereocenters. The highest BCUT2D eigenvalue weighted by atomic mass is 19.1. The highest BCUT2D eigenvalue weighted by molar-refractivity contribution is 6.06. The quantitative estimate of drug-likeness (QED) is 0.770. The molecule has 6 nitrogen and oxygen atoms in total. The number of amides is 1. The van der Waals surface area contributed by atoms with Crippen LogP contribution in [0.25, 0.3) is 11.1 Å². The second-order valence-corrected chi connectivity index (χ2v) is 5.08. The van der Waals surface area contributed by atoms with E-state index in [9.17, 15) is 14.0 Å². The van der Waals surface area contributed by atoms with Crippen LogP contribution in [0.3, 0.4) is 0 Å². The number of benzene rings is 1. The van der Waals surface area contributed by atoms with Crippen LogP contribution < -0.4 is 10.9 Å². The van der Waals surface area contributed by atoms with E-state index in [0.29, 0.717) is 18.7 Å². The first kappa shape index (κ1) is 15.0. The standard InChI is InChI=1S/C16H14FN3O3/c1-9-12(13-15(22)19-8-20-16(13)23-9)14(21)18-7-6-10-2-4-11(17)5-3-10/h2-5,8H,6-7H2,1H3,(H,18,21)(H,19,20,22). The SMILES string of the molecule is Cc1oc2nc[nH]c(=O)c2c1C(=O)NCCc1ccc(F)cc1. The van der Waals surface area contributed by atoms with Crippen molar-refractivity contribution < 1.29 is 13.6 Å². The van der Waals surface area contributed by atoms with E-state index in [2.05, 4.69) is 15.3 Å².